The van der Waals surface area contributed by atoms with Gasteiger partial charge in [-0.3, -0.25) is 37.3 Å². The van der Waals surface area contributed by atoms with E-state index < -0.39 is 97.5 Å². The molecule has 0 heterocycles. The Labute approximate surface area is 575 Å². The first kappa shape index (κ1) is 92.1. The second-order valence-corrected chi connectivity index (χ2v) is 30.4. The van der Waals surface area contributed by atoms with Crippen molar-refractivity contribution in [1.29, 1.82) is 0 Å². The Morgan fingerprint density at radius 2 is 0.489 bits per heavy atom. The molecule has 19 heteroatoms. The van der Waals surface area contributed by atoms with Crippen LogP contribution in [0.25, 0.3) is 0 Å². The summed E-state index contributed by atoms with van der Waals surface area (Å²) < 4.78 is 68.4. The summed E-state index contributed by atoms with van der Waals surface area (Å²) in [5.41, 5.74) is 0. The molecule has 0 rings (SSSR count). The van der Waals surface area contributed by atoms with Gasteiger partial charge in [0, 0.05) is 25.7 Å². The number of phosphoric ester groups is 2. The SMILES string of the molecule is CCCCCCCCCCCCCCCCCCCCC(=O)O[C@H](COC(=O)CCCCCCCCCCCCCC(C)C)COP(=O)(O)OC[C@@H](O)COP(=O)(O)OC[C@@H](COC(=O)CCCCCCCCCC)OC(=O)CCCCCCCCCCCCCCCC. The van der Waals surface area contributed by atoms with E-state index in [1.54, 1.807) is 0 Å². The van der Waals surface area contributed by atoms with Crippen molar-refractivity contribution in [3.05, 3.63) is 0 Å². The van der Waals surface area contributed by atoms with E-state index in [1.165, 1.54) is 212 Å². The number of carbonyl (C=O) groups is 4. The minimum atomic E-state index is -4.96. The Morgan fingerprint density at radius 1 is 0.287 bits per heavy atom. The lowest BCUT2D eigenvalue weighted by Crippen LogP contribution is -2.30. The van der Waals surface area contributed by atoms with Crippen molar-refractivity contribution < 1.29 is 80.2 Å². The third-order valence-corrected chi connectivity index (χ3v) is 19.4. The number of ether oxygens (including phenoxy) is 4. The Hall–Kier alpha value is -1.94. The zero-order valence-corrected chi connectivity index (χ0v) is 62.9. The second-order valence-electron chi connectivity index (χ2n) is 27.5. The smallest absolute Gasteiger partial charge is 0.462 e. The number of hydrogen-bond donors (Lipinski definition) is 3. The highest BCUT2D eigenvalue weighted by molar-refractivity contribution is 7.47. The van der Waals surface area contributed by atoms with E-state index in [4.69, 9.17) is 37.0 Å². The molecular weight excluding hydrogens is 1230 g/mol. The molecule has 0 aliphatic heterocycles. The minimum absolute atomic E-state index is 0.108. The molecule has 0 saturated carbocycles. The van der Waals surface area contributed by atoms with E-state index in [0.717, 1.165) is 102 Å². The summed E-state index contributed by atoms with van der Waals surface area (Å²) in [6, 6.07) is 0. The molecule has 0 aliphatic rings. The molecule has 94 heavy (non-hydrogen) atoms. The average Bonchev–Trinajstić information content (AvgIpc) is 1.49. The van der Waals surface area contributed by atoms with Crippen LogP contribution in [0.3, 0.4) is 0 Å². The van der Waals surface area contributed by atoms with Crippen LogP contribution < -0.4 is 0 Å². The lowest BCUT2D eigenvalue weighted by atomic mass is 10.0. The number of aliphatic hydroxyl groups excluding tert-OH is 1. The van der Waals surface area contributed by atoms with Gasteiger partial charge in [0.25, 0.3) is 0 Å². The number of aliphatic hydroxyl groups is 1. The van der Waals surface area contributed by atoms with Crippen molar-refractivity contribution in [2.75, 3.05) is 39.6 Å². The van der Waals surface area contributed by atoms with E-state index in [9.17, 15) is 43.2 Å². The Kier molecular flexibility index (Phi) is 66.8. The van der Waals surface area contributed by atoms with Gasteiger partial charge in [-0.05, 0) is 31.6 Å². The summed E-state index contributed by atoms with van der Waals surface area (Å²) in [6.07, 6.45) is 56.9. The molecule has 5 atom stereocenters. The molecule has 0 aromatic heterocycles. The summed E-state index contributed by atoms with van der Waals surface area (Å²) in [5, 5.41) is 10.6. The predicted octanol–water partition coefficient (Wildman–Crippen LogP) is 22.1. The highest BCUT2D eigenvalue weighted by Crippen LogP contribution is 2.45. The lowest BCUT2D eigenvalue weighted by Gasteiger charge is -2.21. The fourth-order valence-electron chi connectivity index (χ4n) is 11.5. The number of unbranched alkanes of at least 4 members (excludes halogenated alkanes) is 47. The van der Waals surface area contributed by atoms with Crippen molar-refractivity contribution in [2.24, 2.45) is 5.92 Å². The van der Waals surface area contributed by atoms with Gasteiger partial charge in [-0.2, -0.15) is 0 Å². The molecule has 0 aliphatic carbocycles. The van der Waals surface area contributed by atoms with Gasteiger partial charge in [-0.25, -0.2) is 9.13 Å². The van der Waals surface area contributed by atoms with Gasteiger partial charge >= 0.3 is 39.5 Å². The van der Waals surface area contributed by atoms with E-state index in [0.29, 0.717) is 25.7 Å². The largest absolute Gasteiger partial charge is 0.472 e. The summed E-state index contributed by atoms with van der Waals surface area (Å²) in [6.45, 7) is 7.27. The van der Waals surface area contributed by atoms with Gasteiger partial charge < -0.3 is 33.8 Å². The molecule has 0 amide bonds. The Bertz CT molecular complexity index is 1810. The van der Waals surface area contributed by atoms with Crippen LogP contribution in [-0.4, -0.2) is 96.7 Å². The molecule has 17 nitrogen and oxygen atoms in total. The number of esters is 4. The van der Waals surface area contributed by atoms with Crippen LogP contribution in [-0.2, 0) is 65.4 Å². The maximum Gasteiger partial charge on any atom is 0.472 e. The van der Waals surface area contributed by atoms with Crippen LogP contribution in [0.4, 0.5) is 0 Å². The maximum atomic E-state index is 13.1. The van der Waals surface area contributed by atoms with Gasteiger partial charge in [-0.1, -0.05) is 343 Å². The van der Waals surface area contributed by atoms with E-state index in [2.05, 4.69) is 34.6 Å². The molecule has 2 unspecified atom stereocenters. The maximum absolute atomic E-state index is 13.1. The Morgan fingerprint density at radius 3 is 0.723 bits per heavy atom. The zero-order valence-electron chi connectivity index (χ0n) is 61.1. The molecule has 0 radical (unpaired) electrons. The fraction of sp³-hybridized carbons (Fsp3) is 0.947. The fourth-order valence-corrected chi connectivity index (χ4v) is 13.1. The number of phosphoric acid groups is 2. The van der Waals surface area contributed by atoms with Crippen molar-refractivity contribution in [3.8, 4) is 0 Å². The normalized spacial score (nSPS) is 14.0. The van der Waals surface area contributed by atoms with E-state index in [-0.39, 0.29) is 25.7 Å². The minimum Gasteiger partial charge on any atom is -0.462 e. The summed E-state index contributed by atoms with van der Waals surface area (Å²) >= 11 is 0. The molecule has 0 fully saturated rings. The first-order valence-corrected chi connectivity index (χ1v) is 42.1. The molecule has 0 bridgehead atoms. The third kappa shape index (κ3) is 68.6. The molecular formula is C75H146O17P2. The predicted molar refractivity (Wildman–Crippen MR) is 382 cm³/mol. The van der Waals surface area contributed by atoms with Crippen molar-refractivity contribution in [1.82, 2.24) is 0 Å². The first-order chi connectivity index (χ1) is 45.5. The third-order valence-electron chi connectivity index (χ3n) is 17.5. The van der Waals surface area contributed by atoms with Gasteiger partial charge in [0.2, 0.25) is 0 Å². The van der Waals surface area contributed by atoms with Crippen LogP contribution in [0.2, 0.25) is 0 Å². The molecule has 0 spiro atoms. The Balaban J connectivity index is 5.21. The topological polar surface area (TPSA) is 237 Å². The standard InChI is InChI=1S/C75H146O17P2/c1-6-9-12-15-18-21-23-25-27-28-29-30-32-36-41-46-51-56-61-75(80)92-71(65-86-73(78)59-54-49-44-39-37-33-34-38-42-47-52-57-68(4)5)67-90-94(83,84)88-63-69(76)62-87-93(81,82)89-66-70(64-85-72(77)58-53-48-43-20-17-14-11-8-3)91-74(79)60-55-50-45-40-35-31-26-24-22-19-16-13-10-7-2/h68-71,76H,6-67H2,1-5H3,(H,81,82)(H,83,84)/t69-,70+,71+/m0/s1. The quantitative estimate of drug-likeness (QED) is 0.0222. The molecule has 0 saturated heterocycles. The van der Waals surface area contributed by atoms with Gasteiger partial charge in [0.05, 0.1) is 26.4 Å². The molecule has 3 N–H and O–H groups in total. The molecule has 558 valence electrons. The van der Waals surface area contributed by atoms with Crippen LogP contribution in [0.5, 0.6) is 0 Å². The summed E-state index contributed by atoms with van der Waals surface area (Å²) in [4.78, 5) is 72.7. The van der Waals surface area contributed by atoms with Gasteiger partial charge in [0.15, 0.2) is 12.2 Å². The van der Waals surface area contributed by atoms with Crippen LogP contribution in [0, 0.1) is 5.92 Å². The van der Waals surface area contributed by atoms with Gasteiger partial charge in [-0.15, -0.1) is 0 Å². The summed E-state index contributed by atoms with van der Waals surface area (Å²) in [7, 11) is -9.90. The van der Waals surface area contributed by atoms with Crippen molar-refractivity contribution in [2.45, 2.75) is 412 Å². The summed E-state index contributed by atoms with van der Waals surface area (Å²) in [5.74, 6) is -1.34. The van der Waals surface area contributed by atoms with E-state index >= 15 is 0 Å². The first-order valence-electron chi connectivity index (χ1n) is 39.1. The number of hydrogen-bond acceptors (Lipinski definition) is 15. The van der Waals surface area contributed by atoms with Crippen molar-refractivity contribution in [3.63, 3.8) is 0 Å². The average molecular weight is 1380 g/mol. The highest BCUT2D eigenvalue weighted by Gasteiger charge is 2.30. The van der Waals surface area contributed by atoms with Crippen LogP contribution in [0.1, 0.15) is 394 Å². The number of carbonyl (C=O) groups excluding carboxylic acids is 4. The zero-order chi connectivity index (χ0) is 69.1. The van der Waals surface area contributed by atoms with Crippen molar-refractivity contribution >= 4 is 39.5 Å². The lowest BCUT2D eigenvalue weighted by molar-refractivity contribution is -0.161. The van der Waals surface area contributed by atoms with Crippen LogP contribution >= 0.6 is 15.6 Å². The molecule has 0 aromatic rings. The monoisotopic (exact) mass is 1380 g/mol. The van der Waals surface area contributed by atoms with Gasteiger partial charge in [0.1, 0.15) is 19.3 Å². The molecule has 0 aromatic carbocycles. The highest BCUT2D eigenvalue weighted by atomic mass is 31.2. The van der Waals surface area contributed by atoms with E-state index in [1.807, 2.05) is 0 Å². The van der Waals surface area contributed by atoms with Crippen LogP contribution in [0.15, 0.2) is 0 Å². The second kappa shape index (κ2) is 68.2. The number of rotatable bonds is 75.